The van der Waals surface area contributed by atoms with Gasteiger partial charge in [-0.05, 0) is 24.7 Å². The number of phenols is 1. The zero-order valence-electron chi connectivity index (χ0n) is 10.6. The average molecular weight is 236 g/mol. The topological polar surface area (TPSA) is 52.6 Å². The maximum absolute atomic E-state index is 11.9. The van der Waals surface area contributed by atoms with Gasteiger partial charge < -0.3 is 15.3 Å². The van der Waals surface area contributed by atoms with E-state index in [4.69, 9.17) is 5.11 Å². The van der Waals surface area contributed by atoms with Crippen molar-refractivity contribution in [3.8, 4) is 5.75 Å². The number of rotatable bonds is 5. The van der Waals surface area contributed by atoms with Gasteiger partial charge in [0, 0.05) is 26.1 Å². The molecule has 0 radical (unpaired) electrons. The van der Waals surface area contributed by atoms with Gasteiger partial charge in [-0.25, -0.2) is 0 Å². The van der Waals surface area contributed by atoms with Gasteiger partial charge in [-0.2, -0.15) is 0 Å². The van der Waals surface area contributed by atoms with Gasteiger partial charge in [-0.3, -0.25) is 4.79 Å². The summed E-state index contributed by atoms with van der Waals surface area (Å²) >= 11 is 0. The van der Waals surface area contributed by atoms with Crippen molar-refractivity contribution in [2.75, 3.05) is 20.6 Å². The minimum atomic E-state index is -0.0258. The molecular formula is C13H20N2O2. The lowest BCUT2D eigenvalue weighted by Crippen LogP contribution is -2.35. The second-order valence-electron chi connectivity index (χ2n) is 4.32. The summed E-state index contributed by atoms with van der Waals surface area (Å²) in [5, 5.41) is 12.2. The van der Waals surface area contributed by atoms with Gasteiger partial charge in [-0.1, -0.05) is 19.1 Å². The number of aromatic hydroxyl groups is 1. The summed E-state index contributed by atoms with van der Waals surface area (Å²) in [5.74, 6) is 0.334. The molecule has 0 fully saturated rings. The largest absolute Gasteiger partial charge is 0.508 e. The minimum Gasteiger partial charge on any atom is -0.508 e. The van der Waals surface area contributed by atoms with Crippen LogP contribution < -0.4 is 5.32 Å². The van der Waals surface area contributed by atoms with Gasteiger partial charge in [0.15, 0.2) is 0 Å². The van der Waals surface area contributed by atoms with Crippen molar-refractivity contribution in [3.63, 3.8) is 0 Å². The first-order valence-corrected chi connectivity index (χ1v) is 5.72. The Labute approximate surface area is 102 Å². The van der Waals surface area contributed by atoms with Crippen LogP contribution in [0.2, 0.25) is 0 Å². The zero-order valence-corrected chi connectivity index (χ0v) is 10.6. The Bertz CT molecular complexity index is 362. The second-order valence-corrected chi connectivity index (χ2v) is 4.32. The van der Waals surface area contributed by atoms with E-state index in [-0.39, 0.29) is 17.6 Å². The summed E-state index contributed by atoms with van der Waals surface area (Å²) in [5.41, 5.74) is 1.01. The zero-order chi connectivity index (χ0) is 12.8. The average Bonchev–Trinajstić information content (AvgIpc) is 2.31. The number of nitrogens with one attached hydrogen (secondary N) is 1. The molecule has 1 unspecified atom stereocenters. The fourth-order valence-electron chi connectivity index (χ4n) is 1.72. The highest BCUT2D eigenvalue weighted by atomic mass is 16.3. The van der Waals surface area contributed by atoms with Crippen molar-refractivity contribution >= 4 is 5.91 Å². The van der Waals surface area contributed by atoms with E-state index in [1.165, 1.54) is 0 Å². The molecule has 1 atom stereocenters. The SMILES string of the molecule is CNCC(C)C(=O)N(C)Cc1ccc(O)cc1. The summed E-state index contributed by atoms with van der Waals surface area (Å²) in [6.45, 7) is 3.15. The van der Waals surface area contributed by atoms with Gasteiger partial charge in [0.1, 0.15) is 5.75 Å². The van der Waals surface area contributed by atoms with Gasteiger partial charge in [0.05, 0.1) is 0 Å². The Hall–Kier alpha value is -1.55. The molecule has 0 heterocycles. The molecule has 1 amide bonds. The minimum absolute atomic E-state index is 0.0258. The molecular weight excluding hydrogens is 216 g/mol. The van der Waals surface area contributed by atoms with Crippen LogP contribution >= 0.6 is 0 Å². The molecule has 4 nitrogen and oxygen atoms in total. The lowest BCUT2D eigenvalue weighted by molar-refractivity contribution is -0.134. The quantitative estimate of drug-likeness (QED) is 0.808. The van der Waals surface area contributed by atoms with Crippen molar-refractivity contribution in [2.45, 2.75) is 13.5 Å². The molecule has 94 valence electrons. The van der Waals surface area contributed by atoms with Crippen molar-refractivity contribution in [1.82, 2.24) is 10.2 Å². The highest BCUT2D eigenvalue weighted by Crippen LogP contribution is 2.12. The Morgan fingerprint density at radius 3 is 2.53 bits per heavy atom. The van der Waals surface area contributed by atoms with Crippen LogP contribution in [0.1, 0.15) is 12.5 Å². The van der Waals surface area contributed by atoms with Crippen LogP contribution in [0.3, 0.4) is 0 Å². The summed E-state index contributed by atoms with van der Waals surface area (Å²) in [7, 11) is 3.63. The van der Waals surface area contributed by atoms with Gasteiger partial charge in [-0.15, -0.1) is 0 Å². The third kappa shape index (κ3) is 4.07. The van der Waals surface area contributed by atoms with Crippen LogP contribution in [-0.4, -0.2) is 36.6 Å². The second kappa shape index (κ2) is 6.25. The molecule has 0 aromatic heterocycles. The lowest BCUT2D eigenvalue weighted by Gasteiger charge is -2.21. The first-order chi connectivity index (χ1) is 8.04. The number of hydrogen-bond donors (Lipinski definition) is 2. The highest BCUT2D eigenvalue weighted by Gasteiger charge is 2.16. The number of hydrogen-bond acceptors (Lipinski definition) is 3. The van der Waals surface area contributed by atoms with Crippen LogP contribution in [0.25, 0.3) is 0 Å². The van der Waals surface area contributed by atoms with Crippen molar-refractivity contribution < 1.29 is 9.90 Å². The Balaban J connectivity index is 2.56. The fourth-order valence-corrected chi connectivity index (χ4v) is 1.72. The molecule has 1 rings (SSSR count). The highest BCUT2D eigenvalue weighted by molar-refractivity contribution is 5.78. The van der Waals surface area contributed by atoms with E-state index in [0.29, 0.717) is 13.1 Å². The molecule has 1 aromatic carbocycles. The molecule has 0 aliphatic heterocycles. The number of carbonyl (C=O) groups excluding carboxylic acids is 1. The molecule has 0 aliphatic rings. The van der Waals surface area contributed by atoms with Crippen molar-refractivity contribution in [2.24, 2.45) is 5.92 Å². The summed E-state index contributed by atoms with van der Waals surface area (Å²) in [6.07, 6.45) is 0. The molecule has 0 spiro atoms. The van der Waals surface area contributed by atoms with E-state index >= 15 is 0 Å². The lowest BCUT2D eigenvalue weighted by atomic mass is 10.1. The maximum atomic E-state index is 11.9. The first kappa shape index (κ1) is 13.5. The molecule has 0 bridgehead atoms. The van der Waals surface area contributed by atoms with E-state index < -0.39 is 0 Å². The summed E-state index contributed by atoms with van der Waals surface area (Å²) in [6, 6.07) is 6.90. The van der Waals surface area contributed by atoms with Crippen LogP contribution in [0.4, 0.5) is 0 Å². The molecule has 1 aromatic rings. The molecule has 17 heavy (non-hydrogen) atoms. The van der Waals surface area contributed by atoms with Crippen LogP contribution in [0.5, 0.6) is 5.75 Å². The smallest absolute Gasteiger partial charge is 0.226 e. The monoisotopic (exact) mass is 236 g/mol. The molecule has 2 N–H and O–H groups in total. The predicted molar refractivity (Wildman–Crippen MR) is 67.7 cm³/mol. The molecule has 4 heteroatoms. The van der Waals surface area contributed by atoms with E-state index in [1.807, 2.05) is 26.1 Å². The van der Waals surface area contributed by atoms with Crippen LogP contribution in [0, 0.1) is 5.92 Å². The normalized spacial score (nSPS) is 12.2. The Kier molecular flexibility index (Phi) is 4.97. The Morgan fingerprint density at radius 1 is 1.41 bits per heavy atom. The number of amides is 1. The summed E-state index contributed by atoms with van der Waals surface area (Å²) < 4.78 is 0. The first-order valence-electron chi connectivity index (χ1n) is 5.72. The van der Waals surface area contributed by atoms with E-state index in [0.717, 1.165) is 5.56 Å². The van der Waals surface area contributed by atoms with E-state index in [2.05, 4.69) is 5.32 Å². The third-order valence-electron chi connectivity index (χ3n) is 2.66. The predicted octanol–water partition coefficient (Wildman–Crippen LogP) is 1.21. The van der Waals surface area contributed by atoms with Gasteiger partial charge in [0.25, 0.3) is 0 Å². The van der Waals surface area contributed by atoms with Gasteiger partial charge >= 0.3 is 0 Å². The number of carbonyl (C=O) groups is 1. The van der Waals surface area contributed by atoms with Crippen LogP contribution in [0.15, 0.2) is 24.3 Å². The number of benzene rings is 1. The fraction of sp³-hybridized carbons (Fsp3) is 0.462. The number of nitrogens with zero attached hydrogens (tertiary/aromatic N) is 1. The van der Waals surface area contributed by atoms with Gasteiger partial charge in [0.2, 0.25) is 5.91 Å². The van der Waals surface area contributed by atoms with Crippen molar-refractivity contribution in [1.29, 1.82) is 0 Å². The van der Waals surface area contributed by atoms with E-state index in [1.54, 1.807) is 24.1 Å². The third-order valence-corrected chi connectivity index (χ3v) is 2.66. The standard InChI is InChI=1S/C13H20N2O2/c1-10(8-14-2)13(17)15(3)9-11-4-6-12(16)7-5-11/h4-7,10,14,16H,8-9H2,1-3H3. The van der Waals surface area contributed by atoms with Crippen LogP contribution in [-0.2, 0) is 11.3 Å². The number of phenolic OH excluding ortho intramolecular Hbond substituents is 1. The molecule has 0 aliphatic carbocycles. The Morgan fingerprint density at radius 2 is 2.00 bits per heavy atom. The maximum Gasteiger partial charge on any atom is 0.226 e. The summed E-state index contributed by atoms with van der Waals surface area (Å²) in [4.78, 5) is 13.6. The van der Waals surface area contributed by atoms with Crippen molar-refractivity contribution in [3.05, 3.63) is 29.8 Å². The molecule has 0 saturated carbocycles. The molecule has 0 saturated heterocycles. The van der Waals surface area contributed by atoms with E-state index in [9.17, 15) is 4.79 Å².